The first-order valence-electron chi connectivity index (χ1n) is 7.94. The lowest BCUT2D eigenvalue weighted by molar-refractivity contribution is -0.119. The van der Waals surface area contributed by atoms with Crippen LogP contribution in [0.1, 0.15) is 29.0 Å². The van der Waals surface area contributed by atoms with Crippen molar-refractivity contribution in [2.75, 3.05) is 19.6 Å². The number of nitrogens with one attached hydrogen (secondary N) is 1. The maximum Gasteiger partial charge on any atom is 0.287 e. The maximum absolute atomic E-state index is 13.3. The summed E-state index contributed by atoms with van der Waals surface area (Å²) < 4.78 is 18.9. The minimum absolute atomic E-state index is 0.0194. The summed E-state index contributed by atoms with van der Waals surface area (Å²) in [7, 11) is 0. The molecule has 24 heavy (non-hydrogen) atoms. The molecule has 3 N–H and O–H groups in total. The zero-order chi connectivity index (χ0) is 17.3. The number of piperidine rings is 1. The molecule has 0 radical (unpaired) electrons. The highest BCUT2D eigenvalue weighted by Gasteiger charge is 2.24. The predicted octanol–water partition coefficient (Wildman–Crippen LogP) is 1.56. The Bertz CT molecular complexity index is 779. The number of hydrogen-bond acceptors (Lipinski definition) is 4. The predicted molar refractivity (Wildman–Crippen MR) is 87.0 cm³/mol. The van der Waals surface area contributed by atoms with E-state index in [0.29, 0.717) is 29.6 Å². The molecule has 6 nitrogen and oxygen atoms in total. The third-order valence-electron chi connectivity index (χ3n) is 4.41. The van der Waals surface area contributed by atoms with Gasteiger partial charge in [-0.15, -0.1) is 0 Å². The second-order valence-electron chi connectivity index (χ2n) is 6.19. The summed E-state index contributed by atoms with van der Waals surface area (Å²) in [6.45, 7) is 3.40. The summed E-state index contributed by atoms with van der Waals surface area (Å²) in [4.78, 5) is 25.4. The second-order valence-corrected chi connectivity index (χ2v) is 6.19. The van der Waals surface area contributed by atoms with Crippen LogP contribution in [0, 0.1) is 12.7 Å². The summed E-state index contributed by atoms with van der Waals surface area (Å²) in [6.07, 6.45) is 1.49. The van der Waals surface area contributed by atoms with E-state index >= 15 is 0 Å². The number of likely N-dealkylation sites (tertiary alicyclic amines) is 1. The third-order valence-corrected chi connectivity index (χ3v) is 4.41. The van der Waals surface area contributed by atoms with Crippen molar-refractivity contribution < 1.29 is 18.4 Å². The average Bonchev–Trinajstić information content (AvgIpc) is 2.86. The van der Waals surface area contributed by atoms with Crippen molar-refractivity contribution in [3.05, 3.63) is 35.3 Å². The van der Waals surface area contributed by atoms with Crippen molar-refractivity contribution in [3.8, 4) is 0 Å². The SMILES string of the molecule is Cc1c(C(=O)NC2CCN(CC(N)=O)CC2)oc2ccc(F)cc12. The summed E-state index contributed by atoms with van der Waals surface area (Å²) in [5.41, 5.74) is 6.32. The number of halogens is 1. The van der Waals surface area contributed by atoms with Crippen LogP contribution < -0.4 is 11.1 Å². The molecule has 1 aromatic heterocycles. The van der Waals surface area contributed by atoms with Gasteiger partial charge in [0, 0.05) is 30.1 Å². The largest absolute Gasteiger partial charge is 0.451 e. The van der Waals surface area contributed by atoms with E-state index < -0.39 is 0 Å². The molecule has 0 spiro atoms. The molecule has 2 heterocycles. The molecule has 1 aromatic carbocycles. The number of benzene rings is 1. The van der Waals surface area contributed by atoms with E-state index in [1.165, 1.54) is 18.2 Å². The van der Waals surface area contributed by atoms with E-state index in [9.17, 15) is 14.0 Å². The Morgan fingerprint density at radius 2 is 2.08 bits per heavy atom. The lowest BCUT2D eigenvalue weighted by Crippen LogP contribution is -2.46. The fourth-order valence-corrected chi connectivity index (χ4v) is 3.12. The molecule has 1 aliphatic heterocycles. The quantitative estimate of drug-likeness (QED) is 0.889. The van der Waals surface area contributed by atoms with Crippen LogP contribution in [0.5, 0.6) is 0 Å². The summed E-state index contributed by atoms with van der Waals surface area (Å²) in [5, 5.41) is 3.56. The smallest absolute Gasteiger partial charge is 0.287 e. The first kappa shape index (κ1) is 16.4. The van der Waals surface area contributed by atoms with Gasteiger partial charge in [-0.2, -0.15) is 0 Å². The van der Waals surface area contributed by atoms with Crippen LogP contribution in [0.4, 0.5) is 4.39 Å². The molecular weight excluding hydrogens is 313 g/mol. The molecule has 0 unspecified atom stereocenters. The van der Waals surface area contributed by atoms with Crippen LogP contribution >= 0.6 is 0 Å². The molecule has 0 saturated carbocycles. The van der Waals surface area contributed by atoms with E-state index in [2.05, 4.69) is 5.32 Å². The third kappa shape index (κ3) is 3.41. The van der Waals surface area contributed by atoms with Gasteiger partial charge in [-0.05, 0) is 38.0 Å². The topological polar surface area (TPSA) is 88.6 Å². The molecule has 2 amide bonds. The van der Waals surface area contributed by atoms with Gasteiger partial charge >= 0.3 is 0 Å². The fourth-order valence-electron chi connectivity index (χ4n) is 3.12. The minimum Gasteiger partial charge on any atom is -0.451 e. The summed E-state index contributed by atoms with van der Waals surface area (Å²) >= 11 is 0. The molecule has 2 aromatic rings. The number of rotatable bonds is 4. The number of carbonyl (C=O) groups is 2. The molecule has 3 rings (SSSR count). The minimum atomic E-state index is -0.361. The zero-order valence-electron chi connectivity index (χ0n) is 13.5. The number of nitrogens with zero attached hydrogens (tertiary/aromatic N) is 1. The Balaban J connectivity index is 1.66. The molecule has 1 fully saturated rings. The number of hydrogen-bond donors (Lipinski definition) is 2. The van der Waals surface area contributed by atoms with Gasteiger partial charge in [-0.1, -0.05) is 0 Å². The molecule has 0 bridgehead atoms. The maximum atomic E-state index is 13.3. The number of nitrogens with two attached hydrogens (primary N) is 1. The van der Waals surface area contributed by atoms with Crippen LogP contribution in [0.3, 0.4) is 0 Å². The fraction of sp³-hybridized carbons (Fsp3) is 0.412. The van der Waals surface area contributed by atoms with Crippen molar-refractivity contribution >= 4 is 22.8 Å². The Kier molecular flexibility index (Phi) is 4.53. The number of fused-ring (bicyclic) bond motifs is 1. The highest BCUT2D eigenvalue weighted by atomic mass is 19.1. The van der Waals surface area contributed by atoms with Gasteiger partial charge in [-0.3, -0.25) is 14.5 Å². The highest BCUT2D eigenvalue weighted by Crippen LogP contribution is 2.26. The lowest BCUT2D eigenvalue weighted by atomic mass is 10.0. The molecule has 0 atom stereocenters. The first-order chi connectivity index (χ1) is 11.4. The van der Waals surface area contributed by atoms with Crippen LogP contribution in [0.2, 0.25) is 0 Å². The van der Waals surface area contributed by atoms with Gasteiger partial charge in [0.2, 0.25) is 5.91 Å². The average molecular weight is 333 g/mol. The number of furan rings is 1. The van der Waals surface area contributed by atoms with Crippen LogP contribution in [0.15, 0.2) is 22.6 Å². The molecule has 0 aliphatic carbocycles. The lowest BCUT2D eigenvalue weighted by Gasteiger charge is -2.31. The first-order valence-corrected chi connectivity index (χ1v) is 7.94. The zero-order valence-corrected chi connectivity index (χ0v) is 13.5. The molecule has 128 valence electrons. The molecule has 1 saturated heterocycles. The van der Waals surface area contributed by atoms with Crippen molar-refractivity contribution in [2.24, 2.45) is 5.73 Å². The van der Waals surface area contributed by atoms with Crippen LogP contribution in [-0.4, -0.2) is 42.4 Å². The van der Waals surface area contributed by atoms with Crippen molar-refractivity contribution in [1.82, 2.24) is 10.2 Å². The van der Waals surface area contributed by atoms with E-state index in [1.807, 2.05) is 4.90 Å². The number of primary amides is 1. The number of amides is 2. The molecule has 1 aliphatic rings. The van der Waals surface area contributed by atoms with E-state index in [1.54, 1.807) is 6.92 Å². The van der Waals surface area contributed by atoms with Crippen molar-refractivity contribution in [3.63, 3.8) is 0 Å². The Morgan fingerprint density at radius 1 is 1.38 bits per heavy atom. The summed E-state index contributed by atoms with van der Waals surface area (Å²) in [5.74, 6) is -0.782. The van der Waals surface area contributed by atoms with E-state index in [0.717, 1.165) is 12.8 Å². The van der Waals surface area contributed by atoms with Crippen molar-refractivity contribution in [2.45, 2.75) is 25.8 Å². The highest BCUT2D eigenvalue weighted by molar-refractivity contribution is 5.99. The normalized spacial score (nSPS) is 16.4. The molecular formula is C17H20FN3O3. The van der Waals surface area contributed by atoms with Crippen LogP contribution in [-0.2, 0) is 4.79 Å². The Hall–Kier alpha value is -2.41. The summed E-state index contributed by atoms with van der Waals surface area (Å²) in [6, 6.07) is 4.22. The second kappa shape index (κ2) is 6.60. The standard InChI is InChI=1S/C17H20FN3O3/c1-10-13-8-11(18)2-3-14(13)24-16(10)17(23)20-12-4-6-21(7-5-12)9-15(19)22/h2-3,8,12H,4-7,9H2,1H3,(H2,19,22)(H,20,23). The van der Waals surface area contributed by atoms with Gasteiger partial charge in [-0.25, -0.2) is 4.39 Å². The van der Waals surface area contributed by atoms with Gasteiger partial charge in [0.15, 0.2) is 5.76 Å². The van der Waals surface area contributed by atoms with Crippen LogP contribution in [0.25, 0.3) is 11.0 Å². The van der Waals surface area contributed by atoms with Crippen molar-refractivity contribution in [1.29, 1.82) is 0 Å². The van der Waals surface area contributed by atoms with Gasteiger partial charge < -0.3 is 15.5 Å². The van der Waals surface area contributed by atoms with E-state index in [-0.39, 0.29) is 36.0 Å². The monoisotopic (exact) mass is 333 g/mol. The van der Waals surface area contributed by atoms with E-state index in [4.69, 9.17) is 10.2 Å². The van der Waals surface area contributed by atoms with Gasteiger partial charge in [0.25, 0.3) is 5.91 Å². The number of aryl methyl sites for hydroxylation is 1. The number of carbonyl (C=O) groups excluding carboxylic acids is 2. The van der Waals surface area contributed by atoms with Gasteiger partial charge in [0.05, 0.1) is 6.54 Å². The van der Waals surface area contributed by atoms with Gasteiger partial charge in [0.1, 0.15) is 11.4 Å². The Labute approximate surface area is 138 Å². The Morgan fingerprint density at radius 3 is 2.75 bits per heavy atom. The molecule has 7 heteroatoms.